The molecule has 0 bridgehead atoms. The Balaban J connectivity index is 3.00. The first-order valence-corrected chi connectivity index (χ1v) is 6.30. The van der Waals surface area contributed by atoms with Gasteiger partial charge in [-0.3, -0.25) is 0 Å². The lowest BCUT2D eigenvalue weighted by molar-refractivity contribution is 0.288. The molecule has 1 aromatic carbocycles. The summed E-state index contributed by atoms with van der Waals surface area (Å²) in [4.78, 5) is 2.30. The van der Waals surface area contributed by atoms with Crippen LogP contribution in [0.4, 0.5) is 5.69 Å². The number of nitrogens with zero attached hydrogens (tertiary/aromatic N) is 1. The fourth-order valence-electron chi connectivity index (χ4n) is 2.03. The molecule has 96 valence electrons. The van der Waals surface area contributed by atoms with Crippen molar-refractivity contribution >= 4 is 5.69 Å². The summed E-state index contributed by atoms with van der Waals surface area (Å²) in [6.07, 6.45) is 0.783. The van der Waals surface area contributed by atoms with Crippen molar-refractivity contribution in [1.82, 2.24) is 0 Å². The van der Waals surface area contributed by atoms with Crippen LogP contribution in [0.3, 0.4) is 0 Å². The van der Waals surface area contributed by atoms with Crippen LogP contribution in [0.15, 0.2) is 24.3 Å². The molecule has 1 aromatic rings. The molecule has 17 heavy (non-hydrogen) atoms. The molecule has 0 aromatic heterocycles. The van der Waals surface area contributed by atoms with Gasteiger partial charge >= 0.3 is 0 Å². The molecule has 3 heteroatoms. The maximum atomic E-state index is 8.97. The van der Waals surface area contributed by atoms with Crippen molar-refractivity contribution in [1.29, 1.82) is 0 Å². The summed E-state index contributed by atoms with van der Waals surface area (Å²) in [5.74, 6) is 0. The standard InChI is InChI=1S/C14H24N2O/c1-11(2)16(9-6-10-17)14-8-5-4-7-13(14)12(3)15/h4-5,7-8,11-12,17H,6,9-10,15H2,1-3H3/t12-/m0/s1. The Hall–Kier alpha value is -1.06. The van der Waals surface area contributed by atoms with E-state index in [1.165, 1.54) is 11.3 Å². The molecule has 0 spiro atoms. The fraction of sp³-hybridized carbons (Fsp3) is 0.571. The van der Waals surface area contributed by atoms with Crippen LogP contribution in [0, 0.1) is 0 Å². The second-order valence-electron chi connectivity index (χ2n) is 4.71. The molecule has 1 rings (SSSR count). The first kappa shape index (κ1) is 14.0. The van der Waals surface area contributed by atoms with Gasteiger partial charge in [0.25, 0.3) is 0 Å². The third kappa shape index (κ3) is 3.72. The zero-order valence-electron chi connectivity index (χ0n) is 11.1. The van der Waals surface area contributed by atoms with E-state index in [1.54, 1.807) is 0 Å². The van der Waals surface area contributed by atoms with Gasteiger partial charge in [-0.15, -0.1) is 0 Å². The van der Waals surface area contributed by atoms with Crippen molar-refractivity contribution in [3.05, 3.63) is 29.8 Å². The quantitative estimate of drug-likeness (QED) is 0.797. The van der Waals surface area contributed by atoms with E-state index in [9.17, 15) is 0 Å². The van der Waals surface area contributed by atoms with Gasteiger partial charge < -0.3 is 15.7 Å². The van der Waals surface area contributed by atoms with E-state index < -0.39 is 0 Å². The topological polar surface area (TPSA) is 49.5 Å². The molecule has 1 atom stereocenters. The highest BCUT2D eigenvalue weighted by atomic mass is 16.3. The van der Waals surface area contributed by atoms with Gasteiger partial charge in [-0.1, -0.05) is 18.2 Å². The number of aliphatic hydroxyl groups is 1. The van der Waals surface area contributed by atoms with E-state index >= 15 is 0 Å². The molecular weight excluding hydrogens is 212 g/mol. The Bertz CT molecular complexity index is 337. The van der Waals surface area contributed by atoms with Gasteiger partial charge in [0.2, 0.25) is 0 Å². The Labute approximate surface area is 104 Å². The molecule has 0 aliphatic carbocycles. The van der Waals surface area contributed by atoms with Crippen LogP contribution in [0.5, 0.6) is 0 Å². The summed E-state index contributed by atoms with van der Waals surface area (Å²) in [7, 11) is 0. The van der Waals surface area contributed by atoms with Gasteiger partial charge in [-0.25, -0.2) is 0 Å². The number of anilines is 1. The van der Waals surface area contributed by atoms with E-state index in [0.29, 0.717) is 6.04 Å². The molecule has 3 N–H and O–H groups in total. The predicted octanol–water partition coefficient (Wildman–Crippen LogP) is 2.30. The van der Waals surface area contributed by atoms with Crippen LogP contribution in [-0.2, 0) is 0 Å². The molecule has 0 unspecified atom stereocenters. The Kier molecular flexibility index (Phi) is 5.45. The fourth-order valence-corrected chi connectivity index (χ4v) is 2.03. The minimum absolute atomic E-state index is 0.0292. The average Bonchev–Trinajstić information content (AvgIpc) is 2.29. The van der Waals surface area contributed by atoms with Crippen molar-refractivity contribution in [3.63, 3.8) is 0 Å². The van der Waals surface area contributed by atoms with Gasteiger partial charge in [0, 0.05) is 30.9 Å². The minimum atomic E-state index is 0.0292. The van der Waals surface area contributed by atoms with E-state index in [0.717, 1.165) is 13.0 Å². The van der Waals surface area contributed by atoms with Crippen LogP contribution in [0.25, 0.3) is 0 Å². The highest BCUT2D eigenvalue weighted by Gasteiger charge is 2.15. The van der Waals surface area contributed by atoms with E-state index in [4.69, 9.17) is 10.8 Å². The summed E-state index contributed by atoms with van der Waals surface area (Å²) in [6, 6.07) is 8.68. The number of nitrogens with two attached hydrogens (primary N) is 1. The first-order chi connectivity index (χ1) is 8.07. The second kappa shape index (κ2) is 6.62. The summed E-state index contributed by atoms with van der Waals surface area (Å²) < 4.78 is 0. The number of hydrogen-bond acceptors (Lipinski definition) is 3. The summed E-state index contributed by atoms with van der Waals surface area (Å²) in [5.41, 5.74) is 8.36. The van der Waals surface area contributed by atoms with Crippen LogP contribution in [0.1, 0.15) is 38.8 Å². The molecule has 0 amide bonds. The normalized spacial score (nSPS) is 12.8. The van der Waals surface area contributed by atoms with Gasteiger partial charge in [-0.2, -0.15) is 0 Å². The number of hydrogen-bond donors (Lipinski definition) is 2. The Morgan fingerprint density at radius 2 is 1.88 bits per heavy atom. The predicted molar refractivity (Wildman–Crippen MR) is 73.2 cm³/mol. The van der Waals surface area contributed by atoms with Crippen LogP contribution >= 0.6 is 0 Å². The molecule has 0 radical (unpaired) electrons. The lowest BCUT2D eigenvalue weighted by Gasteiger charge is -2.31. The molecule has 3 nitrogen and oxygen atoms in total. The highest BCUT2D eigenvalue weighted by Crippen LogP contribution is 2.26. The van der Waals surface area contributed by atoms with Crippen molar-refractivity contribution in [3.8, 4) is 0 Å². The lowest BCUT2D eigenvalue weighted by Crippen LogP contribution is -2.33. The number of para-hydroxylation sites is 1. The first-order valence-electron chi connectivity index (χ1n) is 6.30. The zero-order chi connectivity index (χ0) is 12.8. The molecule has 0 aliphatic rings. The molecule has 0 saturated carbocycles. The van der Waals surface area contributed by atoms with Crippen LogP contribution < -0.4 is 10.6 Å². The maximum Gasteiger partial charge on any atom is 0.0447 e. The van der Waals surface area contributed by atoms with Crippen molar-refractivity contribution in [2.45, 2.75) is 39.3 Å². The van der Waals surface area contributed by atoms with E-state index in [-0.39, 0.29) is 12.6 Å². The molecule has 0 aliphatic heterocycles. The highest BCUT2D eigenvalue weighted by molar-refractivity contribution is 5.55. The molecule has 0 fully saturated rings. The summed E-state index contributed by atoms with van der Waals surface area (Å²) in [6.45, 7) is 7.41. The SMILES string of the molecule is CC(C)N(CCCO)c1ccccc1[C@H](C)N. The number of benzene rings is 1. The summed E-state index contributed by atoms with van der Waals surface area (Å²) >= 11 is 0. The number of rotatable bonds is 6. The molecule has 0 saturated heterocycles. The van der Waals surface area contributed by atoms with Gasteiger partial charge in [0.1, 0.15) is 0 Å². The minimum Gasteiger partial charge on any atom is -0.396 e. The van der Waals surface area contributed by atoms with E-state index in [2.05, 4.69) is 30.9 Å². The molecular formula is C14H24N2O. The van der Waals surface area contributed by atoms with Crippen LogP contribution in [-0.4, -0.2) is 24.3 Å². The van der Waals surface area contributed by atoms with Gasteiger partial charge in [0.05, 0.1) is 0 Å². The smallest absolute Gasteiger partial charge is 0.0447 e. The van der Waals surface area contributed by atoms with Crippen molar-refractivity contribution in [2.24, 2.45) is 5.73 Å². The van der Waals surface area contributed by atoms with Crippen molar-refractivity contribution in [2.75, 3.05) is 18.1 Å². The Morgan fingerprint density at radius 1 is 1.24 bits per heavy atom. The second-order valence-corrected chi connectivity index (χ2v) is 4.71. The molecule has 0 heterocycles. The van der Waals surface area contributed by atoms with Crippen molar-refractivity contribution < 1.29 is 5.11 Å². The monoisotopic (exact) mass is 236 g/mol. The van der Waals surface area contributed by atoms with Gasteiger partial charge in [0.15, 0.2) is 0 Å². The maximum absolute atomic E-state index is 8.97. The summed E-state index contributed by atoms with van der Waals surface area (Å²) in [5, 5.41) is 8.97. The average molecular weight is 236 g/mol. The Morgan fingerprint density at radius 3 is 2.41 bits per heavy atom. The van der Waals surface area contributed by atoms with E-state index in [1.807, 2.05) is 19.1 Å². The zero-order valence-corrected chi connectivity index (χ0v) is 11.1. The largest absolute Gasteiger partial charge is 0.396 e. The third-order valence-electron chi connectivity index (χ3n) is 2.92. The van der Waals surface area contributed by atoms with Gasteiger partial charge in [-0.05, 0) is 38.8 Å². The van der Waals surface area contributed by atoms with Crippen LogP contribution in [0.2, 0.25) is 0 Å². The number of aliphatic hydroxyl groups excluding tert-OH is 1. The third-order valence-corrected chi connectivity index (χ3v) is 2.92. The lowest BCUT2D eigenvalue weighted by atomic mass is 10.0.